The second-order valence-corrected chi connectivity index (χ2v) is 4.27. The quantitative estimate of drug-likeness (QED) is 0.852. The largest absolute Gasteiger partial charge is 0.456 e. The first-order valence-electron chi connectivity index (χ1n) is 6.52. The molecule has 0 aliphatic heterocycles. The van der Waals surface area contributed by atoms with Crippen molar-refractivity contribution < 1.29 is 13.6 Å². The highest BCUT2D eigenvalue weighted by atomic mass is 19.1. The molecule has 0 radical (unpaired) electrons. The van der Waals surface area contributed by atoms with Crippen molar-refractivity contribution in [3.05, 3.63) is 53.2 Å². The Morgan fingerprint density at radius 1 is 1.38 bits per heavy atom. The Bertz CT molecular complexity index is 711. The molecule has 0 saturated carbocycles. The van der Waals surface area contributed by atoms with E-state index in [1.807, 2.05) is 6.92 Å². The molecule has 4 nitrogen and oxygen atoms in total. The number of nitrogens with two attached hydrogens (primary N) is 1. The zero-order chi connectivity index (χ0) is 15.2. The number of nitrogens with one attached hydrogen (secondary N) is 1. The predicted octanol–water partition coefficient (Wildman–Crippen LogP) is 2.54. The number of amides is 1. The average molecular weight is 286 g/mol. The lowest BCUT2D eigenvalue weighted by atomic mass is 10.2. The third kappa shape index (κ3) is 3.71. The highest BCUT2D eigenvalue weighted by Crippen LogP contribution is 2.17. The van der Waals surface area contributed by atoms with E-state index in [2.05, 4.69) is 17.2 Å². The Morgan fingerprint density at radius 2 is 2.19 bits per heavy atom. The highest BCUT2D eigenvalue weighted by Gasteiger charge is 2.13. The van der Waals surface area contributed by atoms with E-state index in [4.69, 9.17) is 10.2 Å². The van der Waals surface area contributed by atoms with E-state index in [-0.39, 0.29) is 18.0 Å². The zero-order valence-electron chi connectivity index (χ0n) is 11.6. The summed E-state index contributed by atoms with van der Waals surface area (Å²) < 4.78 is 19.2. The van der Waals surface area contributed by atoms with Crippen LogP contribution in [0.5, 0.6) is 0 Å². The average Bonchev–Trinajstić information content (AvgIpc) is 2.96. The minimum Gasteiger partial charge on any atom is -0.456 e. The van der Waals surface area contributed by atoms with E-state index >= 15 is 0 Å². The summed E-state index contributed by atoms with van der Waals surface area (Å²) in [6.07, 6.45) is 0.691. The Labute approximate surface area is 122 Å². The summed E-state index contributed by atoms with van der Waals surface area (Å²) in [6.45, 7) is 2.12. The molecule has 21 heavy (non-hydrogen) atoms. The predicted molar refractivity (Wildman–Crippen MR) is 78.4 cm³/mol. The molecular formula is C16H15FN2O2. The number of aryl methyl sites for hydroxylation is 1. The van der Waals surface area contributed by atoms with E-state index in [1.54, 1.807) is 18.2 Å². The number of furan rings is 1. The van der Waals surface area contributed by atoms with Crippen molar-refractivity contribution in [2.24, 2.45) is 5.73 Å². The van der Waals surface area contributed by atoms with Gasteiger partial charge in [0.05, 0.1) is 12.2 Å². The Morgan fingerprint density at radius 3 is 2.81 bits per heavy atom. The molecule has 5 heteroatoms. The van der Waals surface area contributed by atoms with E-state index in [9.17, 15) is 9.18 Å². The van der Waals surface area contributed by atoms with Gasteiger partial charge in [-0.15, -0.1) is 0 Å². The summed E-state index contributed by atoms with van der Waals surface area (Å²) in [7, 11) is 0. The molecule has 1 aromatic carbocycles. The van der Waals surface area contributed by atoms with Gasteiger partial charge in [-0.3, -0.25) is 4.79 Å². The monoisotopic (exact) mass is 286 g/mol. The first-order valence-corrected chi connectivity index (χ1v) is 6.52. The van der Waals surface area contributed by atoms with Crippen molar-refractivity contribution in [1.82, 2.24) is 0 Å². The normalized spacial score (nSPS) is 9.86. The summed E-state index contributed by atoms with van der Waals surface area (Å²) >= 11 is 0. The standard InChI is InChI=1S/C16H15FN2O2/c1-2-12-6-8-15(21-12)16(20)19-14-7-5-11(4-3-9-18)10-13(14)17/h5-8,10H,2,9,18H2,1H3,(H,19,20). The number of benzene rings is 1. The van der Waals surface area contributed by atoms with Crippen LogP contribution in [0.2, 0.25) is 0 Å². The molecule has 1 aromatic heterocycles. The van der Waals surface area contributed by atoms with Gasteiger partial charge in [-0.2, -0.15) is 0 Å². The maximum Gasteiger partial charge on any atom is 0.291 e. The maximum atomic E-state index is 13.9. The van der Waals surface area contributed by atoms with Crippen molar-refractivity contribution in [2.45, 2.75) is 13.3 Å². The molecule has 2 aromatic rings. The van der Waals surface area contributed by atoms with Gasteiger partial charge in [-0.1, -0.05) is 18.8 Å². The van der Waals surface area contributed by atoms with Gasteiger partial charge < -0.3 is 15.5 Å². The summed E-state index contributed by atoms with van der Waals surface area (Å²) in [5, 5.41) is 2.47. The van der Waals surface area contributed by atoms with Crippen LogP contribution in [0.4, 0.5) is 10.1 Å². The number of hydrogen-bond acceptors (Lipinski definition) is 3. The molecule has 0 unspecified atom stereocenters. The first-order chi connectivity index (χ1) is 10.1. The molecule has 0 saturated heterocycles. The summed E-state index contributed by atoms with van der Waals surface area (Å²) in [4.78, 5) is 11.9. The number of anilines is 1. The number of rotatable bonds is 3. The van der Waals surface area contributed by atoms with Crippen molar-refractivity contribution in [2.75, 3.05) is 11.9 Å². The van der Waals surface area contributed by atoms with Gasteiger partial charge in [0, 0.05) is 12.0 Å². The molecule has 0 atom stereocenters. The fraction of sp³-hybridized carbons (Fsp3) is 0.188. The molecule has 1 amide bonds. The summed E-state index contributed by atoms with van der Waals surface area (Å²) in [5.41, 5.74) is 5.83. The number of carbonyl (C=O) groups excluding carboxylic acids is 1. The van der Waals surface area contributed by atoms with Gasteiger partial charge in [0.1, 0.15) is 11.6 Å². The molecule has 3 N–H and O–H groups in total. The lowest BCUT2D eigenvalue weighted by Gasteiger charge is -2.05. The second kappa shape index (κ2) is 6.73. The second-order valence-electron chi connectivity index (χ2n) is 4.27. The van der Waals surface area contributed by atoms with Crippen LogP contribution in [-0.4, -0.2) is 12.5 Å². The fourth-order valence-corrected chi connectivity index (χ4v) is 1.72. The van der Waals surface area contributed by atoms with Gasteiger partial charge in [0.2, 0.25) is 0 Å². The zero-order valence-corrected chi connectivity index (χ0v) is 11.6. The summed E-state index contributed by atoms with van der Waals surface area (Å²) in [5.74, 6) is 5.16. The van der Waals surface area contributed by atoms with Crippen molar-refractivity contribution in [3.63, 3.8) is 0 Å². The Kier molecular flexibility index (Phi) is 4.75. The van der Waals surface area contributed by atoms with Crippen LogP contribution in [0.25, 0.3) is 0 Å². The maximum absolute atomic E-state index is 13.9. The third-order valence-corrected chi connectivity index (χ3v) is 2.79. The molecule has 0 aliphatic rings. The third-order valence-electron chi connectivity index (χ3n) is 2.79. The van der Waals surface area contributed by atoms with E-state index in [0.29, 0.717) is 17.7 Å². The first kappa shape index (κ1) is 14.8. The van der Waals surface area contributed by atoms with Crippen LogP contribution in [-0.2, 0) is 6.42 Å². The van der Waals surface area contributed by atoms with Crippen LogP contribution >= 0.6 is 0 Å². The van der Waals surface area contributed by atoms with E-state index in [0.717, 1.165) is 0 Å². The van der Waals surface area contributed by atoms with Crippen LogP contribution in [0.1, 0.15) is 28.8 Å². The minimum absolute atomic E-state index is 0.0766. The molecular weight excluding hydrogens is 271 g/mol. The molecule has 108 valence electrons. The fourth-order valence-electron chi connectivity index (χ4n) is 1.72. The number of carbonyl (C=O) groups is 1. The molecule has 0 aliphatic carbocycles. The van der Waals surface area contributed by atoms with Crippen molar-refractivity contribution in [1.29, 1.82) is 0 Å². The molecule has 2 rings (SSSR count). The Hall–Kier alpha value is -2.58. The molecule has 1 heterocycles. The van der Waals surface area contributed by atoms with Gasteiger partial charge >= 0.3 is 0 Å². The van der Waals surface area contributed by atoms with Gasteiger partial charge in [0.25, 0.3) is 5.91 Å². The smallest absolute Gasteiger partial charge is 0.291 e. The van der Waals surface area contributed by atoms with E-state index < -0.39 is 11.7 Å². The lowest BCUT2D eigenvalue weighted by molar-refractivity contribution is 0.0994. The molecule has 0 bridgehead atoms. The lowest BCUT2D eigenvalue weighted by Crippen LogP contribution is -2.12. The van der Waals surface area contributed by atoms with E-state index in [1.165, 1.54) is 12.1 Å². The minimum atomic E-state index is -0.561. The van der Waals surface area contributed by atoms with Crippen LogP contribution in [0.3, 0.4) is 0 Å². The SMILES string of the molecule is CCc1ccc(C(=O)Nc2ccc(C#CCN)cc2F)o1. The molecule has 0 fully saturated rings. The van der Waals surface area contributed by atoms with Crippen LogP contribution in [0.15, 0.2) is 34.7 Å². The topological polar surface area (TPSA) is 68.3 Å². The van der Waals surface area contributed by atoms with Crippen LogP contribution in [0, 0.1) is 17.7 Å². The number of hydrogen-bond donors (Lipinski definition) is 2. The number of halogens is 1. The highest BCUT2D eigenvalue weighted by molar-refractivity contribution is 6.02. The molecule has 0 spiro atoms. The van der Waals surface area contributed by atoms with Gasteiger partial charge in [-0.05, 0) is 30.3 Å². The summed E-state index contributed by atoms with van der Waals surface area (Å²) in [6, 6.07) is 7.60. The van der Waals surface area contributed by atoms with Crippen molar-refractivity contribution in [3.8, 4) is 11.8 Å². The van der Waals surface area contributed by atoms with Crippen LogP contribution < -0.4 is 11.1 Å². The van der Waals surface area contributed by atoms with Gasteiger partial charge in [0.15, 0.2) is 5.76 Å². The Balaban J connectivity index is 2.14. The van der Waals surface area contributed by atoms with Crippen molar-refractivity contribution >= 4 is 11.6 Å². The van der Waals surface area contributed by atoms with Gasteiger partial charge in [-0.25, -0.2) is 4.39 Å².